The number of nitrogen functional groups attached to an aromatic ring is 1. The third kappa shape index (κ3) is 2.45. The van der Waals surface area contributed by atoms with E-state index in [1.54, 1.807) is 24.3 Å². The van der Waals surface area contributed by atoms with Gasteiger partial charge in [0.05, 0.1) is 5.56 Å². The van der Waals surface area contributed by atoms with Crippen molar-refractivity contribution in [1.82, 2.24) is 0 Å². The van der Waals surface area contributed by atoms with Crippen LogP contribution in [0.3, 0.4) is 0 Å². The minimum atomic E-state index is -0.433. The summed E-state index contributed by atoms with van der Waals surface area (Å²) in [6, 6.07) is 14.2. The van der Waals surface area contributed by atoms with Gasteiger partial charge in [-0.25, -0.2) is 4.79 Å². The van der Waals surface area contributed by atoms with Crippen molar-refractivity contribution in [2.75, 3.05) is 5.73 Å². The molecule has 86 valence electrons. The largest absolute Gasteiger partial charge is 0.423 e. The van der Waals surface area contributed by atoms with Crippen molar-refractivity contribution < 1.29 is 9.53 Å². The molecule has 2 rings (SSSR count). The molecule has 3 nitrogen and oxygen atoms in total. The average Bonchev–Trinajstić information content (AvgIpc) is 2.34. The molecule has 2 aromatic carbocycles. The van der Waals surface area contributed by atoms with E-state index >= 15 is 0 Å². The van der Waals surface area contributed by atoms with Crippen molar-refractivity contribution in [2.24, 2.45) is 0 Å². The van der Waals surface area contributed by atoms with Gasteiger partial charge >= 0.3 is 5.97 Å². The molecule has 0 atom stereocenters. The van der Waals surface area contributed by atoms with Gasteiger partial charge in [0.15, 0.2) is 0 Å². The maximum atomic E-state index is 11.9. The third-order valence-electron chi connectivity index (χ3n) is 2.50. The van der Waals surface area contributed by atoms with Crippen LogP contribution in [0, 0.1) is 6.92 Å². The van der Waals surface area contributed by atoms with Crippen molar-refractivity contribution in [3.63, 3.8) is 0 Å². The van der Waals surface area contributed by atoms with Crippen LogP contribution in [0.2, 0.25) is 0 Å². The molecule has 0 spiro atoms. The number of carbonyl (C=O) groups excluding carboxylic acids is 1. The van der Waals surface area contributed by atoms with Crippen LogP contribution in [0.4, 0.5) is 5.69 Å². The number of para-hydroxylation sites is 2. The zero-order chi connectivity index (χ0) is 12.3. The Balaban J connectivity index is 2.24. The summed E-state index contributed by atoms with van der Waals surface area (Å²) >= 11 is 0. The monoisotopic (exact) mass is 227 g/mol. The predicted molar refractivity (Wildman–Crippen MR) is 67.0 cm³/mol. The molecule has 2 aromatic rings. The normalized spacial score (nSPS) is 9.94. The summed E-state index contributed by atoms with van der Waals surface area (Å²) in [5, 5.41) is 0. The molecular formula is C14H13NO2. The van der Waals surface area contributed by atoms with Crippen LogP contribution in [-0.4, -0.2) is 5.97 Å². The van der Waals surface area contributed by atoms with E-state index in [-0.39, 0.29) is 0 Å². The van der Waals surface area contributed by atoms with Gasteiger partial charge in [-0.2, -0.15) is 0 Å². The van der Waals surface area contributed by atoms with E-state index in [0.29, 0.717) is 17.0 Å². The van der Waals surface area contributed by atoms with Gasteiger partial charge in [0.1, 0.15) is 5.75 Å². The smallest absolute Gasteiger partial charge is 0.345 e. The highest BCUT2D eigenvalue weighted by molar-refractivity contribution is 5.97. The van der Waals surface area contributed by atoms with E-state index in [1.165, 1.54) is 0 Å². The molecule has 0 radical (unpaired) electrons. The summed E-state index contributed by atoms with van der Waals surface area (Å²) in [7, 11) is 0. The molecule has 0 fully saturated rings. The molecule has 0 bridgehead atoms. The van der Waals surface area contributed by atoms with E-state index < -0.39 is 5.97 Å². The lowest BCUT2D eigenvalue weighted by molar-refractivity contribution is 0.0736. The van der Waals surface area contributed by atoms with Gasteiger partial charge in [-0.1, -0.05) is 30.3 Å². The van der Waals surface area contributed by atoms with Crippen LogP contribution in [0.5, 0.6) is 5.75 Å². The van der Waals surface area contributed by atoms with E-state index in [2.05, 4.69) is 0 Å². The fourth-order valence-electron chi connectivity index (χ4n) is 1.51. The lowest BCUT2D eigenvalue weighted by Gasteiger charge is -2.08. The molecule has 0 aliphatic heterocycles. The number of hydrogen-bond acceptors (Lipinski definition) is 3. The number of ether oxygens (including phenoxy) is 1. The summed E-state index contributed by atoms with van der Waals surface area (Å²) in [4.78, 5) is 11.9. The van der Waals surface area contributed by atoms with Gasteiger partial charge < -0.3 is 10.5 Å². The second-order valence-corrected chi connectivity index (χ2v) is 3.74. The Labute approximate surface area is 99.8 Å². The van der Waals surface area contributed by atoms with E-state index in [0.717, 1.165) is 5.56 Å². The lowest BCUT2D eigenvalue weighted by Crippen LogP contribution is -2.11. The van der Waals surface area contributed by atoms with Gasteiger partial charge in [0, 0.05) is 5.69 Å². The minimum Gasteiger partial charge on any atom is -0.423 e. The minimum absolute atomic E-state index is 0.397. The van der Waals surface area contributed by atoms with Crippen LogP contribution < -0.4 is 10.5 Å². The number of benzene rings is 2. The van der Waals surface area contributed by atoms with E-state index in [1.807, 2.05) is 31.2 Å². The number of rotatable bonds is 2. The highest BCUT2D eigenvalue weighted by Gasteiger charge is 2.12. The standard InChI is InChI=1S/C14H13NO2/c1-10-6-5-9-12(13(10)15)14(16)17-11-7-3-2-4-8-11/h2-9H,15H2,1H3. The Morgan fingerprint density at radius 3 is 2.47 bits per heavy atom. The number of aryl methyl sites for hydroxylation is 1. The first-order valence-electron chi connectivity index (χ1n) is 5.31. The first-order chi connectivity index (χ1) is 8.18. The fourth-order valence-corrected chi connectivity index (χ4v) is 1.51. The number of anilines is 1. The molecule has 0 aromatic heterocycles. The molecule has 17 heavy (non-hydrogen) atoms. The number of nitrogens with two attached hydrogens (primary N) is 1. The van der Waals surface area contributed by atoms with Gasteiger partial charge in [0.25, 0.3) is 0 Å². The highest BCUT2D eigenvalue weighted by Crippen LogP contribution is 2.19. The van der Waals surface area contributed by atoms with Crippen LogP contribution in [0.15, 0.2) is 48.5 Å². The quantitative estimate of drug-likeness (QED) is 0.487. The van der Waals surface area contributed by atoms with Crippen molar-refractivity contribution in [1.29, 1.82) is 0 Å². The summed E-state index contributed by atoms with van der Waals surface area (Å²) in [5.74, 6) is 0.0795. The Bertz CT molecular complexity index is 535. The van der Waals surface area contributed by atoms with Gasteiger partial charge in [-0.15, -0.1) is 0 Å². The van der Waals surface area contributed by atoms with Crippen molar-refractivity contribution in [3.8, 4) is 5.75 Å². The van der Waals surface area contributed by atoms with Gasteiger partial charge in [0.2, 0.25) is 0 Å². The number of esters is 1. The maximum absolute atomic E-state index is 11.9. The lowest BCUT2D eigenvalue weighted by atomic mass is 10.1. The van der Waals surface area contributed by atoms with Crippen LogP contribution in [0.1, 0.15) is 15.9 Å². The zero-order valence-corrected chi connectivity index (χ0v) is 9.51. The summed E-state index contributed by atoms with van der Waals surface area (Å²) < 4.78 is 5.22. The fraction of sp³-hybridized carbons (Fsp3) is 0.0714. The third-order valence-corrected chi connectivity index (χ3v) is 2.50. The number of hydrogen-bond donors (Lipinski definition) is 1. The highest BCUT2D eigenvalue weighted by atomic mass is 16.5. The molecule has 0 saturated heterocycles. The molecule has 0 heterocycles. The Morgan fingerprint density at radius 2 is 1.76 bits per heavy atom. The second-order valence-electron chi connectivity index (χ2n) is 3.74. The topological polar surface area (TPSA) is 52.3 Å². The molecule has 0 saturated carbocycles. The maximum Gasteiger partial charge on any atom is 0.345 e. The van der Waals surface area contributed by atoms with Crippen molar-refractivity contribution >= 4 is 11.7 Å². The van der Waals surface area contributed by atoms with E-state index in [9.17, 15) is 4.79 Å². The molecule has 0 unspecified atom stereocenters. The van der Waals surface area contributed by atoms with Crippen LogP contribution >= 0.6 is 0 Å². The van der Waals surface area contributed by atoms with Crippen LogP contribution in [-0.2, 0) is 0 Å². The summed E-state index contributed by atoms with van der Waals surface area (Å²) in [5.41, 5.74) is 7.57. The SMILES string of the molecule is Cc1cccc(C(=O)Oc2ccccc2)c1N. The average molecular weight is 227 g/mol. The summed E-state index contributed by atoms with van der Waals surface area (Å²) in [6.07, 6.45) is 0. The molecule has 0 aliphatic rings. The van der Waals surface area contributed by atoms with E-state index in [4.69, 9.17) is 10.5 Å². The van der Waals surface area contributed by atoms with Gasteiger partial charge in [-0.3, -0.25) is 0 Å². The Hall–Kier alpha value is -2.29. The second kappa shape index (κ2) is 4.70. The first kappa shape index (κ1) is 11.2. The Kier molecular flexibility index (Phi) is 3.10. The molecule has 0 amide bonds. The van der Waals surface area contributed by atoms with Gasteiger partial charge in [-0.05, 0) is 30.7 Å². The molecule has 0 aliphatic carbocycles. The van der Waals surface area contributed by atoms with Crippen LogP contribution in [0.25, 0.3) is 0 Å². The Morgan fingerprint density at radius 1 is 1.06 bits per heavy atom. The van der Waals surface area contributed by atoms with Crippen molar-refractivity contribution in [3.05, 3.63) is 59.7 Å². The number of carbonyl (C=O) groups is 1. The molecular weight excluding hydrogens is 214 g/mol. The predicted octanol–water partition coefficient (Wildman–Crippen LogP) is 2.80. The molecule has 2 N–H and O–H groups in total. The summed E-state index contributed by atoms with van der Waals surface area (Å²) in [6.45, 7) is 1.86. The molecule has 3 heteroatoms. The van der Waals surface area contributed by atoms with Crippen molar-refractivity contribution in [2.45, 2.75) is 6.92 Å². The zero-order valence-electron chi connectivity index (χ0n) is 9.51. The first-order valence-corrected chi connectivity index (χ1v) is 5.31.